The molecule has 0 saturated heterocycles. The molecule has 0 aliphatic rings. The lowest BCUT2D eigenvalue weighted by Gasteiger charge is -2.06. The Labute approximate surface area is 155 Å². The van der Waals surface area contributed by atoms with Crippen LogP contribution in [0.2, 0.25) is 0 Å². The highest BCUT2D eigenvalue weighted by atomic mass is 16.5. The lowest BCUT2D eigenvalue weighted by molar-refractivity contribution is -0.144. The van der Waals surface area contributed by atoms with E-state index in [2.05, 4.69) is 10.2 Å². The molecule has 144 valence electrons. The molecule has 26 heavy (non-hydrogen) atoms. The average Bonchev–Trinajstić information content (AvgIpc) is 2.65. The maximum atomic E-state index is 11.4. The molecule has 0 bridgehead atoms. The smallest absolute Gasteiger partial charge is 0.305 e. The van der Waals surface area contributed by atoms with Crippen LogP contribution in [-0.2, 0) is 19.1 Å². The highest BCUT2D eigenvalue weighted by Crippen LogP contribution is 2.10. The minimum Gasteiger partial charge on any atom is -0.466 e. The van der Waals surface area contributed by atoms with Crippen molar-refractivity contribution in [1.82, 2.24) is 0 Å². The molecule has 0 aromatic carbocycles. The first-order valence-electron chi connectivity index (χ1n) is 9.07. The van der Waals surface area contributed by atoms with Crippen LogP contribution in [0.5, 0.6) is 0 Å². The molecule has 0 aliphatic carbocycles. The Morgan fingerprint density at radius 1 is 0.846 bits per heavy atom. The minimum absolute atomic E-state index is 0.231. The Hall–Kier alpha value is -2.48. The van der Waals surface area contributed by atoms with Gasteiger partial charge >= 0.3 is 11.9 Å². The van der Waals surface area contributed by atoms with Crippen molar-refractivity contribution in [2.45, 2.75) is 77.3 Å². The molecule has 0 aliphatic heterocycles. The number of hydrogen-bond acceptors (Lipinski definition) is 8. The summed E-state index contributed by atoms with van der Waals surface area (Å²) in [4.78, 5) is 22.8. The van der Waals surface area contributed by atoms with E-state index < -0.39 is 12.1 Å². The summed E-state index contributed by atoms with van der Waals surface area (Å²) in [5.41, 5.74) is 0. The second kappa shape index (κ2) is 16.0. The van der Waals surface area contributed by atoms with Crippen molar-refractivity contribution in [2.24, 2.45) is 10.2 Å². The van der Waals surface area contributed by atoms with E-state index in [1.165, 1.54) is 0 Å². The highest BCUT2D eigenvalue weighted by Gasteiger charge is 2.12. The zero-order valence-electron chi connectivity index (χ0n) is 15.6. The van der Waals surface area contributed by atoms with Gasteiger partial charge in [0, 0.05) is 12.8 Å². The third-order valence-electron chi connectivity index (χ3n) is 3.29. The number of azo groups is 1. The average molecular weight is 364 g/mol. The third-order valence-corrected chi connectivity index (χ3v) is 3.29. The number of rotatable bonds is 14. The number of carbonyl (C=O) groups excluding carboxylic acids is 2. The molecule has 0 amide bonds. The van der Waals surface area contributed by atoms with Gasteiger partial charge in [-0.05, 0) is 38.5 Å². The number of ether oxygens (including phenoxy) is 2. The van der Waals surface area contributed by atoms with Gasteiger partial charge in [-0.15, -0.1) is 0 Å². The molecular weight excluding hydrogens is 336 g/mol. The van der Waals surface area contributed by atoms with Crippen LogP contribution in [0.4, 0.5) is 0 Å². The van der Waals surface area contributed by atoms with Crippen LogP contribution in [-0.4, -0.2) is 37.2 Å². The van der Waals surface area contributed by atoms with E-state index in [1.807, 2.05) is 26.0 Å². The maximum Gasteiger partial charge on any atom is 0.305 e. The van der Waals surface area contributed by atoms with E-state index >= 15 is 0 Å². The van der Waals surface area contributed by atoms with Gasteiger partial charge < -0.3 is 9.47 Å². The molecule has 0 N–H and O–H groups in total. The summed E-state index contributed by atoms with van der Waals surface area (Å²) in [5, 5.41) is 26.0. The largest absolute Gasteiger partial charge is 0.466 e. The summed E-state index contributed by atoms with van der Waals surface area (Å²) in [6.45, 7) is 4.63. The van der Waals surface area contributed by atoms with Gasteiger partial charge in [0.25, 0.3) is 0 Å². The van der Waals surface area contributed by atoms with E-state index in [-0.39, 0.29) is 24.8 Å². The molecule has 0 spiro atoms. The molecule has 0 fully saturated rings. The van der Waals surface area contributed by atoms with Gasteiger partial charge in [-0.3, -0.25) is 9.59 Å². The minimum atomic E-state index is -0.695. The lowest BCUT2D eigenvalue weighted by atomic mass is 10.1. The molecule has 2 unspecified atom stereocenters. The van der Waals surface area contributed by atoms with Gasteiger partial charge in [-0.1, -0.05) is 13.8 Å². The Kier molecular flexibility index (Phi) is 14.5. The van der Waals surface area contributed by atoms with Crippen LogP contribution >= 0.6 is 0 Å². The Morgan fingerprint density at radius 3 is 1.54 bits per heavy atom. The zero-order chi connectivity index (χ0) is 19.6. The summed E-state index contributed by atoms with van der Waals surface area (Å²) in [5.74, 6) is -0.573. The van der Waals surface area contributed by atoms with Gasteiger partial charge in [-0.25, -0.2) is 0 Å². The predicted octanol–water partition coefficient (Wildman–Crippen LogP) is 3.47. The van der Waals surface area contributed by atoms with Crippen molar-refractivity contribution < 1.29 is 19.1 Å². The summed E-state index contributed by atoms with van der Waals surface area (Å²) in [6.07, 6.45) is 3.70. The van der Waals surface area contributed by atoms with Crippen LogP contribution < -0.4 is 0 Å². The predicted molar refractivity (Wildman–Crippen MR) is 93.9 cm³/mol. The number of carbonyl (C=O) groups is 2. The second-order valence-corrected chi connectivity index (χ2v) is 5.75. The number of esters is 2. The first-order chi connectivity index (χ1) is 12.6. The third kappa shape index (κ3) is 12.9. The molecule has 0 saturated carbocycles. The van der Waals surface area contributed by atoms with Crippen molar-refractivity contribution in [3.8, 4) is 12.1 Å². The maximum absolute atomic E-state index is 11.4. The fourth-order valence-corrected chi connectivity index (χ4v) is 1.91. The molecule has 2 atom stereocenters. The van der Waals surface area contributed by atoms with E-state index in [0.29, 0.717) is 38.9 Å². The topological polar surface area (TPSA) is 125 Å². The van der Waals surface area contributed by atoms with Gasteiger partial charge in [0.1, 0.15) is 0 Å². The van der Waals surface area contributed by atoms with Crippen LogP contribution in [0.25, 0.3) is 0 Å². The summed E-state index contributed by atoms with van der Waals surface area (Å²) < 4.78 is 9.91. The van der Waals surface area contributed by atoms with Crippen molar-refractivity contribution >= 4 is 11.9 Å². The molecule has 0 aromatic rings. The second-order valence-electron chi connectivity index (χ2n) is 5.75. The Morgan fingerprint density at radius 2 is 1.23 bits per heavy atom. The molecule has 0 rings (SSSR count). The monoisotopic (exact) mass is 364 g/mol. The first-order valence-corrected chi connectivity index (χ1v) is 9.07. The Bertz CT molecular complexity index is 476. The fourth-order valence-electron chi connectivity index (χ4n) is 1.91. The van der Waals surface area contributed by atoms with E-state index in [9.17, 15) is 9.59 Å². The number of nitrogens with zero attached hydrogens (tertiary/aromatic N) is 4. The van der Waals surface area contributed by atoms with Crippen molar-refractivity contribution in [1.29, 1.82) is 10.5 Å². The van der Waals surface area contributed by atoms with Gasteiger partial charge in [0.15, 0.2) is 12.1 Å². The molecular formula is C18H28N4O4. The number of nitriles is 2. The quantitative estimate of drug-likeness (QED) is 0.343. The molecule has 0 heterocycles. The SMILES string of the molecule is CCCOC(=O)CCCC(C#N)N=NC(C#N)CCCC(=O)OCCC. The normalized spacial score (nSPS) is 12.8. The van der Waals surface area contributed by atoms with E-state index in [4.69, 9.17) is 20.0 Å². The summed E-state index contributed by atoms with van der Waals surface area (Å²) in [7, 11) is 0. The molecule has 0 aromatic heterocycles. The van der Waals surface area contributed by atoms with Gasteiger partial charge in [0.05, 0.1) is 25.4 Å². The standard InChI is InChI=1S/C18H28N4O4/c1-3-11-25-17(23)9-5-7-15(13-19)21-22-16(14-20)8-6-10-18(24)26-12-4-2/h15-16H,3-12H2,1-2H3. The van der Waals surface area contributed by atoms with Crippen LogP contribution in [0.1, 0.15) is 65.2 Å². The summed E-state index contributed by atoms with van der Waals surface area (Å²) >= 11 is 0. The van der Waals surface area contributed by atoms with Crippen LogP contribution in [0.15, 0.2) is 10.2 Å². The number of hydrogen-bond donors (Lipinski definition) is 0. The molecule has 8 heteroatoms. The fraction of sp³-hybridized carbons (Fsp3) is 0.778. The van der Waals surface area contributed by atoms with Crippen LogP contribution in [0.3, 0.4) is 0 Å². The van der Waals surface area contributed by atoms with Crippen molar-refractivity contribution in [3.05, 3.63) is 0 Å². The molecule has 0 radical (unpaired) electrons. The van der Waals surface area contributed by atoms with Crippen molar-refractivity contribution in [3.63, 3.8) is 0 Å². The Balaban J connectivity index is 4.15. The van der Waals surface area contributed by atoms with E-state index in [1.54, 1.807) is 0 Å². The van der Waals surface area contributed by atoms with Crippen LogP contribution in [0, 0.1) is 22.7 Å². The zero-order valence-corrected chi connectivity index (χ0v) is 15.6. The van der Waals surface area contributed by atoms with Gasteiger partial charge in [0.2, 0.25) is 0 Å². The summed E-state index contributed by atoms with van der Waals surface area (Å²) in [6, 6.07) is 2.61. The first kappa shape index (κ1) is 23.5. The van der Waals surface area contributed by atoms with Gasteiger partial charge in [-0.2, -0.15) is 20.8 Å². The van der Waals surface area contributed by atoms with E-state index in [0.717, 1.165) is 12.8 Å². The van der Waals surface area contributed by atoms with Crippen molar-refractivity contribution in [2.75, 3.05) is 13.2 Å². The lowest BCUT2D eigenvalue weighted by Crippen LogP contribution is -2.09. The molecule has 8 nitrogen and oxygen atoms in total. The highest BCUT2D eigenvalue weighted by molar-refractivity contribution is 5.69.